The molecule has 39 nitrogen and oxygen atoms in total. The largest absolute Gasteiger partial charge is 0.493 e. The minimum Gasteiger partial charge on any atom is -0.493 e. The molecule has 0 unspecified atom stereocenters. The topological polar surface area (TPSA) is 612 Å². The number of thioether (sulfide) groups is 2. The van der Waals surface area contributed by atoms with Gasteiger partial charge in [0.2, 0.25) is 17.7 Å². The first-order valence-electron chi connectivity index (χ1n) is 32.1. The van der Waals surface area contributed by atoms with Crippen molar-refractivity contribution in [2.45, 2.75) is 63.7 Å². The molecule has 0 atom stereocenters. The number of aromatic amines is 1. The smallest absolute Gasteiger partial charge is 0.425 e. The van der Waals surface area contributed by atoms with Crippen molar-refractivity contribution in [2.24, 2.45) is 40.9 Å². The highest BCUT2D eigenvalue weighted by Gasteiger charge is 2.23. The van der Waals surface area contributed by atoms with Crippen LogP contribution in [0.15, 0.2) is 171 Å². The summed E-state index contributed by atoms with van der Waals surface area (Å²) in [5.41, 5.74) is 6.64. The van der Waals surface area contributed by atoms with Crippen LogP contribution in [-0.2, 0) is 70.8 Å². The lowest BCUT2D eigenvalue weighted by Crippen LogP contribution is -2.13. The normalized spacial score (nSPS) is 11.9. The van der Waals surface area contributed by atoms with Gasteiger partial charge in [0.25, 0.3) is 56.1 Å². The number of nitriles is 2. The second-order valence-corrected chi connectivity index (χ2v) is 34.3. The number of rotatable bonds is 25. The van der Waals surface area contributed by atoms with Crippen LogP contribution in [0.2, 0.25) is 5.02 Å². The number of aromatic nitrogens is 4. The molecule has 0 bridgehead atoms. The summed E-state index contributed by atoms with van der Waals surface area (Å²) in [6.07, 6.45) is 1.28. The monoisotopic (exact) mass is 1740 g/mol. The average Bonchev–Trinajstić information content (AvgIpc) is 1.59. The predicted molar refractivity (Wildman–Crippen MR) is 424 cm³/mol. The van der Waals surface area contributed by atoms with Gasteiger partial charge in [0, 0.05) is 46.4 Å². The number of para-hydroxylation sites is 4. The van der Waals surface area contributed by atoms with Gasteiger partial charge in [-0.2, -0.15) is 62.8 Å². The molecule has 0 aliphatic heterocycles. The molecule has 10 aromatic rings. The zero-order valence-corrected chi connectivity index (χ0v) is 67.7. The number of H-pyrrole nitrogens is 1. The number of carbonyl (C=O) groups is 2. The standard InChI is InChI=1S/C51H50ClN13O13S5.C13H9N3O.2CH4O3S.O3S/c1-29-22-42(61-64-49-30(2)35(28-53)50-56-36-10-5-6-11-45(36)65(50)51(49)68)46(78-16-7-19-81(69,70)71)25-37(29)58-62-43-24-39(55-32(4)67)41(27-48(43)80-18-9-21-83(75,76)77)60-63-44-23-38(54-31(3)66)40(59-57-34-14-12-33(52)13-15-34)26-47(44)79-17-8-20-82(72,73)74;1-8-6-12(17)16-11-5-3-2-4-10(11)15-13(16)9(8)7-14;2*1-5(2,3)4;1-4(2)3/h5-6,10-15,22-27,68H,7-9,16-21H2,1-4H3,(H,54,66)(H,55,67)(H,69,70,71)(H,72,73,74)(H,75,76,77);2-6,15H,1H3;2*1H3,(H,2,3,4);. The van der Waals surface area contributed by atoms with Gasteiger partial charge in [0.15, 0.2) is 11.3 Å². The molecule has 0 aliphatic rings. The van der Waals surface area contributed by atoms with Crippen LogP contribution in [-0.4, -0.2) is 161 Å². The van der Waals surface area contributed by atoms with Crippen LogP contribution < -0.4 is 20.9 Å². The van der Waals surface area contributed by atoms with E-state index < -0.39 is 90.3 Å². The predicted octanol–water partition coefficient (Wildman–Crippen LogP) is 13.3. The van der Waals surface area contributed by atoms with E-state index in [-0.39, 0.29) is 123 Å². The summed E-state index contributed by atoms with van der Waals surface area (Å²) in [4.78, 5) is 45.6. The average molecular weight is 1740 g/mol. The highest BCUT2D eigenvalue weighted by atomic mass is 35.5. The fraction of sp³-hybridized carbons (Fsp3) is 0.242. The van der Waals surface area contributed by atoms with Crippen LogP contribution in [0.1, 0.15) is 60.9 Å². The van der Waals surface area contributed by atoms with E-state index in [1.54, 1.807) is 79.8 Å². The number of nitrogens with one attached hydrogen (secondary N) is 3. The molecule has 48 heteroatoms. The first-order chi connectivity index (χ1) is 53.2. The molecule has 114 heavy (non-hydrogen) atoms. The fourth-order valence-electron chi connectivity index (χ4n) is 9.77. The molecule has 0 spiro atoms. The Balaban J connectivity index is 0.000000538. The quantitative estimate of drug-likeness (QED) is 0.0111. The Bertz CT molecular complexity index is 6300. The van der Waals surface area contributed by atoms with Gasteiger partial charge in [0.05, 0.1) is 86.8 Å². The Morgan fingerprint density at radius 2 is 1.04 bits per heavy atom. The molecule has 0 saturated heterocycles. The van der Waals surface area contributed by atoms with E-state index in [1.807, 2.05) is 24.3 Å². The van der Waals surface area contributed by atoms with Gasteiger partial charge in [-0.1, -0.05) is 35.9 Å². The number of pyridine rings is 2. The zero-order chi connectivity index (χ0) is 84.8. The molecule has 6 aromatic carbocycles. The van der Waals surface area contributed by atoms with Crippen molar-refractivity contribution in [2.75, 3.05) is 58.5 Å². The summed E-state index contributed by atoms with van der Waals surface area (Å²) in [5.74, 6) is -2.87. The van der Waals surface area contributed by atoms with Gasteiger partial charge in [0.1, 0.15) is 57.5 Å². The molecule has 0 saturated carbocycles. The first kappa shape index (κ1) is 92.0. The van der Waals surface area contributed by atoms with E-state index in [4.69, 9.17) is 43.3 Å². The summed E-state index contributed by atoms with van der Waals surface area (Å²) >= 11 is 8.27. The van der Waals surface area contributed by atoms with E-state index in [0.717, 1.165) is 34.6 Å². The zero-order valence-electron chi connectivity index (χ0n) is 60.4. The molecule has 4 aromatic heterocycles. The maximum Gasteiger partial charge on any atom is 0.425 e. The summed E-state index contributed by atoms with van der Waals surface area (Å²) in [6.45, 7) is 7.25. The number of imidazole rings is 2. The Morgan fingerprint density at radius 1 is 0.579 bits per heavy atom. The molecule has 9 N–H and O–H groups in total. The Hall–Kier alpha value is -10.9. The van der Waals surface area contributed by atoms with Gasteiger partial charge in [-0.15, -0.1) is 66.8 Å². The van der Waals surface area contributed by atoms with Gasteiger partial charge >= 0.3 is 10.6 Å². The van der Waals surface area contributed by atoms with Crippen LogP contribution in [0.3, 0.4) is 0 Å². The number of anilines is 2. The summed E-state index contributed by atoms with van der Waals surface area (Å²) in [5, 5.41) is 72.2. The maximum absolute atomic E-state index is 12.8. The van der Waals surface area contributed by atoms with Crippen molar-refractivity contribution in [3.63, 3.8) is 0 Å². The highest BCUT2D eigenvalue weighted by Crippen LogP contribution is 2.46. The Morgan fingerprint density at radius 3 is 1.54 bits per heavy atom. The Labute approximate surface area is 665 Å². The number of benzene rings is 6. The first-order valence-corrected chi connectivity index (χ1v) is 44.0. The second-order valence-electron chi connectivity index (χ2n) is 23.6. The number of carbonyl (C=O) groups excluding carboxylic acids is 2. The lowest BCUT2D eigenvalue weighted by atomic mass is 10.1. The van der Waals surface area contributed by atoms with E-state index in [1.165, 1.54) is 54.6 Å². The van der Waals surface area contributed by atoms with Gasteiger partial charge in [-0.05, 0) is 142 Å². The van der Waals surface area contributed by atoms with Crippen LogP contribution >= 0.6 is 35.1 Å². The molecule has 604 valence electrons. The van der Waals surface area contributed by atoms with Crippen molar-refractivity contribution in [1.29, 1.82) is 10.5 Å². The summed E-state index contributed by atoms with van der Waals surface area (Å²) < 4.78 is 184. The van der Waals surface area contributed by atoms with Crippen LogP contribution in [0.4, 0.5) is 56.9 Å². The number of aromatic hydroxyl groups is 1. The van der Waals surface area contributed by atoms with E-state index in [9.17, 15) is 80.5 Å². The number of amides is 2. The minimum absolute atomic E-state index is 0.000213. The van der Waals surface area contributed by atoms with E-state index >= 15 is 0 Å². The number of ether oxygens (including phenoxy) is 1. The molecular weight excluding hydrogens is 1680 g/mol. The third-order valence-electron chi connectivity index (χ3n) is 14.3. The number of hydrogen-bond acceptors (Lipinski definition) is 31. The van der Waals surface area contributed by atoms with Crippen LogP contribution in [0.5, 0.6) is 11.6 Å². The molecule has 2 amide bonds. The van der Waals surface area contributed by atoms with E-state index in [0.29, 0.717) is 66.4 Å². The van der Waals surface area contributed by atoms with Crippen molar-refractivity contribution < 1.29 is 96.9 Å². The van der Waals surface area contributed by atoms with Crippen molar-refractivity contribution >= 4 is 198 Å². The number of halogens is 1. The molecule has 10 rings (SSSR count). The van der Waals surface area contributed by atoms with Gasteiger partial charge in [-0.3, -0.25) is 45.9 Å². The molecule has 0 radical (unpaired) electrons. The number of fused-ring (bicyclic) bond motifs is 6. The second kappa shape index (κ2) is 40.7. The van der Waals surface area contributed by atoms with Gasteiger partial charge in [-0.25, -0.2) is 4.98 Å². The van der Waals surface area contributed by atoms with E-state index in [2.05, 4.69) is 73.7 Å². The number of azo groups is 4. The van der Waals surface area contributed by atoms with Crippen molar-refractivity contribution in [3.05, 3.63) is 158 Å². The van der Waals surface area contributed by atoms with Crippen molar-refractivity contribution in [1.82, 2.24) is 18.8 Å². The minimum atomic E-state index is -4.36. The lowest BCUT2D eigenvalue weighted by Gasteiger charge is -2.13. The summed E-state index contributed by atoms with van der Waals surface area (Å²) in [7, 11) is -23.5. The SMILES string of the molecule is CC(=O)Nc1cc(N=Nc2cc(SCCCS(=O)(=O)O)c(N=Nc3cc(OCCCS(=O)(=O)O)c(N=Nc4c(C)c(C#N)c5nc6ccccc6n5c4O)cc3C)cc2NC(C)=O)c(SCCCS(=O)(=O)O)cc1N=Nc1ccc(Cl)cc1.CS(=O)(=O)O.CS(=O)(=O)O.Cc1cc(=O)n2c([nH]c3ccccc32)c1C#N.O=S(=O)=O. The van der Waals surface area contributed by atoms with Crippen LogP contribution in [0.25, 0.3) is 33.4 Å². The van der Waals surface area contributed by atoms with Crippen molar-refractivity contribution in [3.8, 4) is 23.8 Å². The molecule has 0 aliphatic carbocycles. The molecular formula is C66H67ClN16O23S8. The molecule has 0 fully saturated rings. The van der Waals surface area contributed by atoms with Crippen LogP contribution in [0, 0.1) is 43.4 Å². The lowest BCUT2D eigenvalue weighted by molar-refractivity contribution is -0.115. The molecule has 4 heterocycles. The fourth-order valence-corrected chi connectivity index (χ4v) is 13.7. The maximum atomic E-state index is 12.8. The summed E-state index contributed by atoms with van der Waals surface area (Å²) in [6, 6.07) is 35.5. The number of aryl methyl sites for hydroxylation is 2. The third-order valence-corrected chi connectivity index (χ3v) is 19.3. The number of hydrogen-bond donors (Lipinski definition) is 9. The number of nitrogens with zero attached hydrogens (tertiary/aromatic N) is 13. The highest BCUT2D eigenvalue weighted by molar-refractivity contribution is 7.99. The van der Waals surface area contributed by atoms with Gasteiger partial charge < -0.3 is 25.5 Å². The Kier molecular flexibility index (Phi) is 32.8. The third kappa shape index (κ3) is 29.6.